The van der Waals surface area contributed by atoms with Crippen molar-refractivity contribution in [3.05, 3.63) is 23.8 Å². The molecule has 0 unspecified atom stereocenters. The molecular weight excluding hydrogens is 318 g/mol. The van der Waals surface area contributed by atoms with Gasteiger partial charge >= 0.3 is 6.61 Å². The lowest BCUT2D eigenvalue weighted by Gasteiger charge is -2.31. The first-order valence-corrected chi connectivity index (χ1v) is 6.64. The van der Waals surface area contributed by atoms with E-state index in [-0.39, 0.29) is 24.1 Å². The minimum atomic E-state index is -2.91. The van der Waals surface area contributed by atoms with Crippen LogP contribution in [0.1, 0.15) is 18.4 Å². The van der Waals surface area contributed by atoms with Crippen LogP contribution in [-0.2, 0) is 9.53 Å². The van der Waals surface area contributed by atoms with Crippen molar-refractivity contribution in [1.82, 2.24) is 0 Å². The van der Waals surface area contributed by atoms with Gasteiger partial charge in [-0.1, -0.05) is 6.07 Å². The molecule has 0 aliphatic carbocycles. The number of aryl methyl sites for hydroxylation is 1. The van der Waals surface area contributed by atoms with Crippen LogP contribution in [0.5, 0.6) is 5.75 Å². The van der Waals surface area contributed by atoms with E-state index in [1.54, 1.807) is 19.1 Å². The van der Waals surface area contributed by atoms with Crippen LogP contribution in [0, 0.1) is 6.92 Å². The second kappa shape index (κ2) is 7.71. The first kappa shape index (κ1) is 18.6. The summed E-state index contributed by atoms with van der Waals surface area (Å²) in [6.45, 7) is -0.410. The average molecular weight is 337 g/mol. The molecule has 1 amide bonds. The molecule has 8 heteroatoms. The van der Waals surface area contributed by atoms with E-state index < -0.39 is 12.2 Å². The number of ether oxygens (including phenoxy) is 2. The fourth-order valence-corrected chi connectivity index (χ4v) is 2.12. The molecule has 0 spiro atoms. The predicted molar refractivity (Wildman–Crippen MR) is 80.7 cm³/mol. The zero-order valence-corrected chi connectivity index (χ0v) is 12.9. The molecule has 1 fully saturated rings. The molecule has 1 aliphatic rings. The Morgan fingerprint density at radius 2 is 2.05 bits per heavy atom. The van der Waals surface area contributed by atoms with Crippen LogP contribution >= 0.6 is 12.4 Å². The second-order valence-electron chi connectivity index (χ2n) is 5.08. The van der Waals surface area contributed by atoms with E-state index in [1.807, 2.05) is 0 Å². The summed E-state index contributed by atoms with van der Waals surface area (Å²) in [7, 11) is 0. The van der Waals surface area contributed by atoms with E-state index in [4.69, 9.17) is 10.5 Å². The maximum Gasteiger partial charge on any atom is 0.387 e. The van der Waals surface area contributed by atoms with E-state index in [9.17, 15) is 13.6 Å². The van der Waals surface area contributed by atoms with Gasteiger partial charge in [-0.2, -0.15) is 8.78 Å². The average Bonchev–Trinajstić information content (AvgIpc) is 2.43. The van der Waals surface area contributed by atoms with E-state index in [1.165, 1.54) is 6.07 Å². The Morgan fingerprint density at radius 3 is 2.64 bits per heavy atom. The van der Waals surface area contributed by atoms with Crippen molar-refractivity contribution in [3.63, 3.8) is 0 Å². The first-order chi connectivity index (χ1) is 9.90. The van der Waals surface area contributed by atoms with Crippen LogP contribution in [0.3, 0.4) is 0 Å². The maximum absolute atomic E-state index is 12.3. The number of benzene rings is 1. The molecule has 1 heterocycles. The van der Waals surface area contributed by atoms with Crippen molar-refractivity contribution < 1.29 is 23.0 Å². The summed E-state index contributed by atoms with van der Waals surface area (Å²) in [6.07, 6.45) is 0.843. The van der Waals surface area contributed by atoms with Crippen LogP contribution in [0.25, 0.3) is 0 Å². The third kappa shape index (κ3) is 4.53. The Hall–Kier alpha value is -1.44. The zero-order chi connectivity index (χ0) is 15.5. The number of hydrogen-bond acceptors (Lipinski definition) is 4. The number of carbonyl (C=O) groups is 1. The largest absolute Gasteiger partial charge is 0.434 e. The van der Waals surface area contributed by atoms with Crippen molar-refractivity contribution >= 4 is 24.0 Å². The molecule has 0 aromatic heterocycles. The topological polar surface area (TPSA) is 73.6 Å². The number of rotatable bonds is 4. The number of carbonyl (C=O) groups excluding carboxylic acids is 1. The highest BCUT2D eigenvalue weighted by atomic mass is 35.5. The number of nitrogens with one attached hydrogen (secondary N) is 1. The second-order valence-corrected chi connectivity index (χ2v) is 5.08. The van der Waals surface area contributed by atoms with Crippen molar-refractivity contribution in [2.24, 2.45) is 5.73 Å². The smallest absolute Gasteiger partial charge is 0.387 e. The number of amides is 1. The molecule has 0 saturated carbocycles. The molecule has 0 atom stereocenters. The maximum atomic E-state index is 12.3. The Labute approximate surface area is 133 Å². The van der Waals surface area contributed by atoms with Gasteiger partial charge in [-0.25, -0.2) is 0 Å². The van der Waals surface area contributed by atoms with Crippen molar-refractivity contribution in [2.75, 3.05) is 18.5 Å². The number of hydrogen-bond donors (Lipinski definition) is 2. The summed E-state index contributed by atoms with van der Waals surface area (Å²) in [5.74, 6) is -0.321. The van der Waals surface area contributed by atoms with Gasteiger partial charge in [0.15, 0.2) is 0 Å². The zero-order valence-electron chi connectivity index (χ0n) is 12.1. The summed E-state index contributed by atoms with van der Waals surface area (Å²) in [5, 5.41) is 2.65. The fraction of sp³-hybridized carbons (Fsp3) is 0.500. The van der Waals surface area contributed by atoms with E-state index >= 15 is 0 Å². The molecular formula is C14H19ClF2N2O3. The molecule has 1 saturated heterocycles. The monoisotopic (exact) mass is 336 g/mol. The molecule has 0 bridgehead atoms. The highest BCUT2D eigenvalue weighted by Crippen LogP contribution is 2.26. The van der Waals surface area contributed by atoms with Gasteiger partial charge in [-0.15, -0.1) is 12.4 Å². The Morgan fingerprint density at radius 1 is 1.41 bits per heavy atom. The van der Waals surface area contributed by atoms with Crippen LogP contribution < -0.4 is 15.8 Å². The van der Waals surface area contributed by atoms with Gasteiger partial charge in [-0.3, -0.25) is 4.79 Å². The summed E-state index contributed by atoms with van der Waals surface area (Å²) in [4.78, 5) is 12.2. The highest BCUT2D eigenvalue weighted by molar-refractivity contribution is 5.98. The number of anilines is 1. The minimum Gasteiger partial charge on any atom is -0.434 e. The van der Waals surface area contributed by atoms with Crippen LogP contribution in [0.4, 0.5) is 14.5 Å². The molecule has 1 aliphatic heterocycles. The third-order valence-electron chi connectivity index (χ3n) is 3.50. The quantitative estimate of drug-likeness (QED) is 0.886. The Bertz CT molecular complexity index is 523. The van der Waals surface area contributed by atoms with Crippen LogP contribution in [0.2, 0.25) is 0 Å². The van der Waals surface area contributed by atoms with Gasteiger partial charge in [0, 0.05) is 25.0 Å². The Balaban J connectivity index is 0.00000242. The molecule has 1 aromatic carbocycles. The number of alkyl halides is 2. The van der Waals surface area contributed by atoms with Gasteiger partial charge in [0.2, 0.25) is 5.91 Å². The highest BCUT2D eigenvalue weighted by Gasteiger charge is 2.35. The minimum absolute atomic E-state index is 0. The van der Waals surface area contributed by atoms with Gasteiger partial charge in [0.1, 0.15) is 11.3 Å². The van der Waals surface area contributed by atoms with Crippen molar-refractivity contribution in [3.8, 4) is 5.75 Å². The standard InChI is InChI=1S/C14H18F2N2O3.ClH/c1-9-2-3-10(8-11(9)21-13(15)16)18-12(19)14(17)4-6-20-7-5-14;/h2-3,8,13H,4-7,17H2,1H3,(H,18,19);1H. The summed E-state index contributed by atoms with van der Waals surface area (Å²) in [5.41, 5.74) is 5.99. The lowest BCUT2D eigenvalue weighted by molar-refractivity contribution is -0.124. The third-order valence-corrected chi connectivity index (χ3v) is 3.50. The molecule has 1 aromatic rings. The van der Waals surface area contributed by atoms with Crippen molar-refractivity contribution in [2.45, 2.75) is 31.9 Å². The van der Waals surface area contributed by atoms with Crippen LogP contribution in [-0.4, -0.2) is 31.3 Å². The molecule has 3 N–H and O–H groups in total. The van der Waals surface area contributed by atoms with Gasteiger partial charge in [-0.05, 0) is 31.4 Å². The Kier molecular flexibility index (Phi) is 6.52. The van der Waals surface area contributed by atoms with Crippen molar-refractivity contribution in [1.29, 1.82) is 0 Å². The SMILES string of the molecule is Cc1ccc(NC(=O)C2(N)CCOCC2)cc1OC(F)F.Cl. The normalized spacial score (nSPS) is 16.8. The molecule has 5 nitrogen and oxygen atoms in total. The number of nitrogens with two attached hydrogens (primary N) is 1. The molecule has 2 rings (SSSR count). The molecule has 0 radical (unpaired) electrons. The van der Waals surface area contributed by atoms with Gasteiger partial charge in [0.25, 0.3) is 0 Å². The molecule has 124 valence electrons. The summed E-state index contributed by atoms with van der Waals surface area (Å²) < 4.78 is 34.2. The van der Waals surface area contributed by atoms with Gasteiger partial charge < -0.3 is 20.5 Å². The lowest BCUT2D eigenvalue weighted by atomic mass is 9.90. The fourth-order valence-electron chi connectivity index (χ4n) is 2.12. The summed E-state index contributed by atoms with van der Waals surface area (Å²) >= 11 is 0. The lowest BCUT2D eigenvalue weighted by Crippen LogP contribution is -2.54. The molecule has 22 heavy (non-hydrogen) atoms. The van der Waals surface area contributed by atoms with E-state index in [0.717, 1.165) is 0 Å². The number of halogens is 3. The van der Waals surface area contributed by atoms with Gasteiger partial charge in [0.05, 0.1) is 0 Å². The van der Waals surface area contributed by atoms with E-state index in [0.29, 0.717) is 37.3 Å². The predicted octanol–water partition coefficient (Wildman–Crippen LogP) is 2.46. The van der Waals surface area contributed by atoms with Crippen LogP contribution in [0.15, 0.2) is 18.2 Å². The summed E-state index contributed by atoms with van der Waals surface area (Å²) in [6, 6.07) is 4.58. The first-order valence-electron chi connectivity index (χ1n) is 6.64. The van der Waals surface area contributed by atoms with E-state index in [2.05, 4.69) is 10.1 Å².